The quantitative estimate of drug-likeness (QED) is 0.712. The van der Waals surface area contributed by atoms with Crippen LogP contribution in [0.4, 0.5) is 0 Å². The van der Waals surface area contributed by atoms with Gasteiger partial charge >= 0.3 is 0 Å². The molecule has 0 radical (unpaired) electrons. The van der Waals surface area contributed by atoms with Gasteiger partial charge < -0.3 is 19.6 Å². The molecule has 0 saturated heterocycles. The van der Waals surface area contributed by atoms with Crippen molar-refractivity contribution in [1.82, 2.24) is 15.5 Å². The van der Waals surface area contributed by atoms with Crippen LogP contribution in [0.1, 0.15) is 23.8 Å². The molecule has 0 bridgehead atoms. The smallest absolute Gasteiger partial charge is 0.272 e. The molecule has 0 spiro atoms. The zero-order valence-corrected chi connectivity index (χ0v) is 12.0. The molecule has 0 aliphatic carbocycles. The molecule has 0 aliphatic rings. The molecule has 7 heteroatoms. The number of aliphatic hydroxyl groups excluding tert-OH is 1. The number of nitrogens with one attached hydrogen (secondary N) is 2. The Balaban J connectivity index is 2.09. The minimum Gasteiger partial charge on any atom is -0.463 e. The highest BCUT2D eigenvalue weighted by Gasteiger charge is 2.27. The summed E-state index contributed by atoms with van der Waals surface area (Å²) in [5.41, 5.74) is 0.229. The molecule has 21 heavy (non-hydrogen) atoms. The second-order valence-corrected chi connectivity index (χ2v) is 5.07. The monoisotopic (exact) mass is 293 g/mol. The summed E-state index contributed by atoms with van der Waals surface area (Å²) < 4.78 is 10.3. The standard InChI is InChI=1S/C14H19N3O4/c1-14(5-6-18,9-20-2)15-13(19)11-8-10(16-17-11)12-4-3-7-21-12/h3-4,7-8,18H,5-6,9H2,1-2H3,(H,15,19)(H,16,17). The summed E-state index contributed by atoms with van der Waals surface area (Å²) in [6.45, 7) is 2.07. The fourth-order valence-electron chi connectivity index (χ4n) is 2.07. The molecule has 0 aromatic carbocycles. The molecular weight excluding hydrogens is 274 g/mol. The molecule has 0 saturated carbocycles. The lowest BCUT2D eigenvalue weighted by atomic mass is 9.99. The molecule has 0 aliphatic heterocycles. The summed E-state index contributed by atoms with van der Waals surface area (Å²) in [7, 11) is 1.55. The van der Waals surface area contributed by atoms with Crippen molar-refractivity contribution in [3.05, 3.63) is 30.2 Å². The van der Waals surface area contributed by atoms with Crippen LogP contribution in [0, 0.1) is 0 Å². The molecule has 2 rings (SSSR count). The van der Waals surface area contributed by atoms with Crippen molar-refractivity contribution in [3.63, 3.8) is 0 Å². The Labute approximate surface area is 122 Å². The number of ether oxygens (including phenoxy) is 1. The van der Waals surface area contributed by atoms with Gasteiger partial charge in [0.25, 0.3) is 5.91 Å². The number of carbonyl (C=O) groups is 1. The molecule has 0 fully saturated rings. The maximum absolute atomic E-state index is 12.2. The van der Waals surface area contributed by atoms with Gasteiger partial charge in [0, 0.05) is 19.8 Å². The van der Waals surface area contributed by atoms with Gasteiger partial charge in [-0.3, -0.25) is 9.89 Å². The topological polar surface area (TPSA) is 100 Å². The van der Waals surface area contributed by atoms with E-state index in [1.165, 1.54) is 0 Å². The number of nitrogens with zero attached hydrogens (tertiary/aromatic N) is 1. The number of hydrogen-bond acceptors (Lipinski definition) is 5. The van der Waals surface area contributed by atoms with Gasteiger partial charge in [0.1, 0.15) is 5.69 Å². The average molecular weight is 293 g/mol. The highest BCUT2D eigenvalue weighted by atomic mass is 16.5. The number of carbonyl (C=O) groups excluding carboxylic acids is 1. The maximum Gasteiger partial charge on any atom is 0.272 e. The van der Waals surface area contributed by atoms with Crippen LogP contribution < -0.4 is 5.32 Å². The second kappa shape index (κ2) is 6.55. The van der Waals surface area contributed by atoms with E-state index in [1.807, 2.05) is 6.92 Å². The lowest BCUT2D eigenvalue weighted by molar-refractivity contribution is 0.0721. The molecule has 2 aromatic heterocycles. The number of aromatic amines is 1. The highest BCUT2D eigenvalue weighted by Crippen LogP contribution is 2.18. The summed E-state index contributed by atoms with van der Waals surface area (Å²) in [6.07, 6.45) is 1.94. The number of H-pyrrole nitrogens is 1. The summed E-state index contributed by atoms with van der Waals surface area (Å²) in [6, 6.07) is 5.14. The van der Waals surface area contributed by atoms with Crippen LogP contribution in [0.25, 0.3) is 11.5 Å². The first-order chi connectivity index (χ1) is 10.1. The van der Waals surface area contributed by atoms with Crippen molar-refractivity contribution < 1.29 is 19.1 Å². The van der Waals surface area contributed by atoms with E-state index in [-0.39, 0.29) is 18.2 Å². The van der Waals surface area contributed by atoms with E-state index in [4.69, 9.17) is 14.3 Å². The van der Waals surface area contributed by atoms with Gasteiger partial charge in [-0.15, -0.1) is 0 Å². The van der Waals surface area contributed by atoms with E-state index in [0.717, 1.165) is 0 Å². The van der Waals surface area contributed by atoms with Gasteiger partial charge in [0.05, 0.1) is 18.4 Å². The van der Waals surface area contributed by atoms with E-state index in [1.54, 1.807) is 31.6 Å². The molecule has 1 amide bonds. The van der Waals surface area contributed by atoms with Crippen LogP contribution in [0.3, 0.4) is 0 Å². The molecular formula is C14H19N3O4. The molecule has 7 nitrogen and oxygen atoms in total. The molecule has 1 atom stereocenters. The highest BCUT2D eigenvalue weighted by molar-refractivity contribution is 5.93. The zero-order chi connectivity index (χ0) is 15.3. The van der Waals surface area contributed by atoms with Crippen LogP contribution in [0.5, 0.6) is 0 Å². The van der Waals surface area contributed by atoms with Crippen LogP contribution in [0.15, 0.2) is 28.9 Å². The van der Waals surface area contributed by atoms with Crippen molar-refractivity contribution >= 4 is 5.91 Å². The third kappa shape index (κ3) is 3.71. The van der Waals surface area contributed by atoms with E-state index in [9.17, 15) is 4.79 Å². The number of amides is 1. The van der Waals surface area contributed by atoms with Gasteiger partial charge in [0.2, 0.25) is 0 Å². The Morgan fingerprint density at radius 1 is 1.62 bits per heavy atom. The van der Waals surface area contributed by atoms with E-state index in [0.29, 0.717) is 24.5 Å². The molecule has 2 heterocycles. The Kier molecular flexibility index (Phi) is 4.77. The first kappa shape index (κ1) is 15.3. The first-order valence-corrected chi connectivity index (χ1v) is 6.59. The largest absolute Gasteiger partial charge is 0.463 e. The first-order valence-electron chi connectivity index (χ1n) is 6.59. The van der Waals surface area contributed by atoms with Crippen molar-refractivity contribution in [3.8, 4) is 11.5 Å². The maximum atomic E-state index is 12.2. The van der Waals surface area contributed by atoms with E-state index >= 15 is 0 Å². The predicted octanol–water partition coefficient (Wildman–Crippen LogP) is 1.19. The van der Waals surface area contributed by atoms with E-state index in [2.05, 4.69) is 15.5 Å². The number of aromatic nitrogens is 2. The van der Waals surface area contributed by atoms with Crippen LogP contribution in [0.2, 0.25) is 0 Å². The van der Waals surface area contributed by atoms with Crippen molar-refractivity contribution in [2.45, 2.75) is 18.9 Å². The zero-order valence-electron chi connectivity index (χ0n) is 12.0. The Bertz CT molecular complexity index is 571. The Morgan fingerprint density at radius 2 is 2.43 bits per heavy atom. The normalized spacial score (nSPS) is 13.9. The third-order valence-electron chi connectivity index (χ3n) is 3.14. The Hall–Kier alpha value is -2.12. The fraction of sp³-hybridized carbons (Fsp3) is 0.429. The number of furan rings is 1. The summed E-state index contributed by atoms with van der Waals surface area (Å²) in [5.74, 6) is 0.272. The number of rotatable bonds is 7. The minimum absolute atomic E-state index is 0.0433. The minimum atomic E-state index is -0.648. The van der Waals surface area contributed by atoms with Crippen molar-refractivity contribution in [2.24, 2.45) is 0 Å². The van der Waals surface area contributed by atoms with Gasteiger partial charge in [0.15, 0.2) is 11.5 Å². The van der Waals surface area contributed by atoms with Gasteiger partial charge in [-0.05, 0) is 25.5 Å². The Morgan fingerprint density at radius 3 is 3.05 bits per heavy atom. The molecule has 2 aromatic rings. The van der Waals surface area contributed by atoms with Crippen molar-refractivity contribution in [2.75, 3.05) is 20.3 Å². The summed E-state index contributed by atoms with van der Waals surface area (Å²) in [4.78, 5) is 12.2. The van der Waals surface area contributed by atoms with Crippen LogP contribution >= 0.6 is 0 Å². The lowest BCUT2D eigenvalue weighted by Gasteiger charge is -2.29. The van der Waals surface area contributed by atoms with Crippen molar-refractivity contribution in [1.29, 1.82) is 0 Å². The summed E-state index contributed by atoms with van der Waals surface area (Å²) >= 11 is 0. The summed E-state index contributed by atoms with van der Waals surface area (Å²) in [5, 5.41) is 18.7. The van der Waals surface area contributed by atoms with Gasteiger partial charge in [-0.25, -0.2) is 0 Å². The molecule has 1 unspecified atom stereocenters. The number of methoxy groups -OCH3 is 1. The van der Waals surface area contributed by atoms with Crippen LogP contribution in [-0.2, 0) is 4.74 Å². The second-order valence-electron chi connectivity index (χ2n) is 5.07. The predicted molar refractivity (Wildman–Crippen MR) is 75.7 cm³/mol. The van der Waals surface area contributed by atoms with Gasteiger partial charge in [-0.1, -0.05) is 0 Å². The average Bonchev–Trinajstić information content (AvgIpc) is 3.10. The number of aliphatic hydroxyl groups is 1. The molecule has 114 valence electrons. The SMILES string of the molecule is COCC(C)(CCO)NC(=O)c1cc(-c2ccco2)[nH]n1. The van der Waals surface area contributed by atoms with Gasteiger partial charge in [-0.2, -0.15) is 5.10 Å². The van der Waals surface area contributed by atoms with E-state index < -0.39 is 5.54 Å². The number of hydrogen-bond donors (Lipinski definition) is 3. The fourth-order valence-corrected chi connectivity index (χ4v) is 2.07. The van der Waals surface area contributed by atoms with Crippen LogP contribution in [-0.4, -0.2) is 47.1 Å². The molecule has 3 N–H and O–H groups in total. The third-order valence-corrected chi connectivity index (χ3v) is 3.14. The lowest BCUT2D eigenvalue weighted by Crippen LogP contribution is -2.50.